The minimum atomic E-state index is -0.739. The Morgan fingerprint density at radius 3 is 2.79 bits per heavy atom. The van der Waals surface area contributed by atoms with Gasteiger partial charge < -0.3 is 15.2 Å². The van der Waals surface area contributed by atoms with Crippen molar-refractivity contribution in [2.24, 2.45) is 5.10 Å². The molecule has 1 saturated heterocycles. The number of nitrogens with zero attached hydrogens (tertiary/aromatic N) is 3. The van der Waals surface area contributed by atoms with Crippen LogP contribution in [-0.2, 0) is 20.9 Å². The molecule has 1 aromatic rings. The van der Waals surface area contributed by atoms with Gasteiger partial charge in [0.2, 0.25) is 5.91 Å². The Kier molecular flexibility index (Phi) is 6.43. The lowest BCUT2D eigenvalue weighted by Gasteiger charge is -2.49. The van der Waals surface area contributed by atoms with E-state index in [4.69, 9.17) is 4.74 Å². The summed E-state index contributed by atoms with van der Waals surface area (Å²) in [5, 5.41) is 18.5. The van der Waals surface area contributed by atoms with Crippen LogP contribution >= 0.6 is 0 Å². The zero-order valence-corrected chi connectivity index (χ0v) is 16.4. The number of benzene rings is 1. The number of nitrogens with one attached hydrogen (secondary N) is 1. The molecule has 0 aromatic heterocycles. The van der Waals surface area contributed by atoms with E-state index in [9.17, 15) is 14.7 Å². The van der Waals surface area contributed by atoms with Crippen LogP contribution in [-0.4, -0.2) is 77.0 Å². The molecule has 28 heavy (non-hydrogen) atoms. The maximum absolute atomic E-state index is 12.5. The molecule has 2 aliphatic heterocycles. The van der Waals surface area contributed by atoms with Crippen LogP contribution in [0.5, 0.6) is 0 Å². The van der Waals surface area contributed by atoms with Crippen molar-refractivity contribution in [2.45, 2.75) is 38.4 Å². The summed E-state index contributed by atoms with van der Waals surface area (Å²) >= 11 is 0. The number of carbonyl (C=O) groups is 2. The van der Waals surface area contributed by atoms with Gasteiger partial charge in [-0.15, -0.1) is 0 Å². The fraction of sp³-hybridized carbons (Fsp3) is 0.550. The molecule has 2 aliphatic rings. The molecule has 8 nitrogen and oxygen atoms in total. The van der Waals surface area contributed by atoms with Gasteiger partial charge in [-0.1, -0.05) is 30.3 Å². The molecule has 3 rings (SSSR count). The van der Waals surface area contributed by atoms with Gasteiger partial charge in [-0.3, -0.25) is 14.5 Å². The Morgan fingerprint density at radius 1 is 1.39 bits per heavy atom. The second-order valence-electron chi connectivity index (χ2n) is 7.38. The standard InChI is InChI=1S/C20H28N4O4/c1-3-24-18(26)9-17(22-24)19(27)21-12-20(13-25)14-28-11-15(2)23(20)10-16-7-5-4-6-8-16/h4-8,15,25H,3,9-14H2,1-2H3,(H,21,27)/t15-,20+/m1/s1. The molecule has 0 unspecified atom stereocenters. The summed E-state index contributed by atoms with van der Waals surface area (Å²) in [5.74, 6) is -0.556. The van der Waals surface area contributed by atoms with Gasteiger partial charge >= 0.3 is 0 Å². The molecule has 2 heterocycles. The summed E-state index contributed by atoms with van der Waals surface area (Å²) in [4.78, 5) is 26.5. The topological polar surface area (TPSA) is 94.5 Å². The molecule has 0 bridgehead atoms. The Hall–Kier alpha value is -2.29. The number of carbonyl (C=O) groups excluding carboxylic acids is 2. The minimum absolute atomic E-state index is 0.00638. The van der Waals surface area contributed by atoms with E-state index < -0.39 is 5.54 Å². The first-order valence-electron chi connectivity index (χ1n) is 9.64. The summed E-state index contributed by atoms with van der Waals surface area (Å²) in [6.07, 6.45) is 0.00638. The maximum Gasteiger partial charge on any atom is 0.268 e. The highest BCUT2D eigenvalue weighted by Crippen LogP contribution is 2.26. The van der Waals surface area contributed by atoms with Crippen molar-refractivity contribution in [3.8, 4) is 0 Å². The van der Waals surface area contributed by atoms with E-state index >= 15 is 0 Å². The van der Waals surface area contributed by atoms with Crippen LogP contribution in [0.25, 0.3) is 0 Å². The minimum Gasteiger partial charge on any atom is -0.394 e. The maximum atomic E-state index is 12.5. The normalized spacial score (nSPS) is 25.7. The van der Waals surface area contributed by atoms with Gasteiger partial charge in [-0.25, -0.2) is 5.01 Å². The number of aliphatic hydroxyl groups is 1. The Morgan fingerprint density at radius 2 is 2.14 bits per heavy atom. The fourth-order valence-electron chi connectivity index (χ4n) is 3.70. The molecule has 1 fully saturated rings. The van der Waals surface area contributed by atoms with E-state index in [0.717, 1.165) is 5.56 Å². The van der Waals surface area contributed by atoms with Crippen LogP contribution in [0.15, 0.2) is 35.4 Å². The van der Waals surface area contributed by atoms with Crippen LogP contribution < -0.4 is 5.32 Å². The Bertz CT molecular complexity index is 739. The first kappa shape index (κ1) is 20.4. The fourth-order valence-corrected chi connectivity index (χ4v) is 3.70. The van der Waals surface area contributed by atoms with Crippen molar-refractivity contribution >= 4 is 17.5 Å². The van der Waals surface area contributed by atoms with Gasteiger partial charge in [0.1, 0.15) is 5.71 Å². The van der Waals surface area contributed by atoms with Crippen molar-refractivity contribution in [2.75, 3.05) is 32.9 Å². The Balaban J connectivity index is 1.72. The smallest absolute Gasteiger partial charge is 0.268 e. The molecule has 0 spiro atoms. The van der Waals surface area contributed by atoms with Crippen molar-refractivity contribution in [3.63, 3.8) is 0 Å². The summed E-state index contributed by atoms with van der Waals surface area (Å²) in [6.45, 7) is 5.87. The third-order valence-corrected chi connectivity index (χ3v) is 5.35. The summed E-state index contributed by atoms with van der Waals surface area (Å²) in [7, 11) is 0. The van der Waals surface area contributed by atoms with Crippen molar-refractivity contribution in [3.05, 3.63) is 35.9 Å². The van der Waals surface area contributed by atoms with Crippen molar-refractivity contribution < 1.29 is 19.4 Å². The van der Waals surface area contributed by atoms with Crippen molar-refractivity contribution in [1.29, 1.82) is 0 Å². The quantitative estimate of drug-likeness (QED) is 0.704. The lowest BCUT2D eigenvalue weighted by Crippen LogP contribution is -2.66. The number of hydrogen-bond donors (Lipinski definition) is 2. The number of ether oxygens (including phenoxy) is 1. The molecule has 152 valence electrons. The third-order valence-electron chi connectivity index (χ3n) is 5.35. The summed E-state index contributed by atoms with van der Waals surface area (Å²) in [6, 6.07) is 10.1. The molecule has 0 aliphatic carbocycles. The van der Waals surface area contributed by atoms with Crippen LogP contribution in [0.1, 0.15) is 25.8 Å². The summed E-state index contributed by atoms with van der Waals surface area (Å²) < 4.78 is 5.72. The SMILES string of the molecule is CCN1N=C(C(=O)NC[C@]2(CO)COC[C@@H](C)N2Cc2ccccc2)CC1=O. The predicted molar refractivity (Wildman–Crippen MR) is 105 cm³/mol. The lowest BCUT2D eigenvalue weighted by atomic mass is 9.93. The number of rotatable bonds is 7. The largest absolute Gasteiger partial charge is 0.394 e. The van der Waals surface area contributed by atoms with Crippen LogP contribution in [0.3, 0.4) is 0 Å². The zero-order valence-electron chi connectivity index (χ0n) is 16.4. The second-order valence-corrected chi connectivity index (χ2v) is 7.38. The highest BCUT2D eigenvalue weighted by Gasteiger charge is 2.43. The number of aliphatic hydroxyl groups excluding tert-OH is 1. The molecule has 2 atom stereocenters. The van der Waals surface area contributed by atoms with Crippen LogP contribution in [0.4, 0.5) is 0 Å². The van der Waals surface area contributed by atoms with Gasteiger partial charge in [0.05, 0.1) is 31.8 Å². The molecule has 1 aromatic carbocycles. The number of hydrogen-bond acceptors (Lipinski definition) is 6. The summed E-state index contributed by atoms with van der Waals surface area (Å²) in [5.41, 5.74) is 0.598. The Labute approximate surface area is 165 Å². The number of morpholine rings is 1. The second kappa shape index (κ2) is 8.81. The first-order valence-corrected chi connectivity index (χ1v) is 9.64. The molecule has 2 amide bonds. The molecule has 0 radical (unpaired) electrons. The molecule has 2 N–H and O–H groups in total. The van der Waals surface area contributed by atoms with Crippen LogP contribution in [0, 0.1) is 0 Å². The van der Waals surface area contributed by atoms with Gasteiger partial charge in [-0.2, -0.15) is 5.10 Å². The van der Waals surface area contributed by atoms with E-state index in [2.05, 4.69) is 15.3 Å². The molecular formula is C20H28N4O4. The predicted octanol–water partition coefficient (Wildman–Crippen LogP) is 0.363. The van der Waals surface area contributed by atoms with E-state index in [-0.39, 0.29) is 43.1 Å². The highest BCUT2D eigenvalue weighted by atomic mass is 16.5. The van der Waals surface area contributed by atoms with Gasteiger partial charge in [0, 0.05) is 25.7 Å². The monoisotopic (exact) mass is 388 g/mol. The van der Waals surface area contributed by atoms with E-state index in [1.807, 2.05) is 44.2 Å². The van der Waals surface area contributed by atoms with Gasteiger partial charge in [0.25, 0.3) is 5.91 Å². The number of hydrazone groups is 1. The third kappa shape index (κ3) is 4.24. The van der Waals surface area contributed by atoms with Crippen molar-refractivity contribution in [1.82, 2.24) is 15.2 Å². The molecule has 0 saturated carbocycles. The number of amides is 2. The highest BCUT2D eigenvalue weighted by molar-refractivity contribution is 6.43. The lowest BCUT2D eigenvalue weighted by molar-refractivity contribution is -0.130. The van der Waals surface area contributed by atoms with E-state index in [1.165, 1.54) is 5.01 Å². The van der Waals surface area contributed by atoms with Crippen LogP contribution in [0.2, 0.25) is 0 Å². The van der Waals surface area contributed by atoms with E-state index in [1.54, 1.807) is 0 Å². The van der Waals surface area contributed by atoms with Gasteiger partial charge in [0.15, 0.2) is 0 Å². The zero-order chi connectivity index (χ0) is 20.1. The molecular weight excluding hydrogens is 360 g/mol. The average Bonchev–Trinajstić information content (AvgIpc) is 3.10. The average molecular weight is 388 g/mol. The first-order chi connectivity index (χ1) is 13.5. The van der Waals surface area contributed by atoms with E-state index in [0.29, 0.717) is 26.3 Å². The van der Waals surface area contributed by atoms with Gasteiger partial charge in [-0.05, 0) is 19.4 Å². The molecule has 8 heteroatoms.